The van der Waals surface area contributed by atoms with E-state index in [1.807, 2.05) is 35.2 Å². The second-order valence-electron chi connectivity index (χ2n) is 9.18. The lowest BCUT2D eigenvalue weighted by molar-refractivity contribution is -0.143. The SMILES string of the molecule is CN(Cc1cc(C(F)(F)F)cc(C(F)(F)F)c1)C(=O)[C@H]1CCN(c2ccc(Cl)nn2)C[C@H]1c1ccccc1.Cl. The Labute approximate surface area is 232 Å². The molecule has 210 valence electrons. The molecular weight excluding hydrogens is 569 g/mol. The van der Waals surface area contributed by atoms with Gasteiger partial charge in [-0.15, -0.1) is 22.6 Å². The molecule has 1 fully saturated rings. The maximum atomic E-state index is 13.6. The lowest BCUT2D eigenvalue weighted by atomic mass is 9.79. The molecule has 1 aromatic heterocycles. The lowest BCUT2D eigenvalue weighted by Crippen LogP contribution is -2.46. The van der Waals surface area contributed by atoms with Gasteiger partial charge in [0.1, 0.15) is 0 Å². The minimum absolute atomic E-state index is 0. The summed E-state index contributed by atoms with van der Waals surface area (Å²) in [5, 5.41) is 8.22. The first kappa shape index (κ1) is 30.5. The van der Waals surface area contributed by atoms with E-state index in [2.05, 4.69) is 10.2 Å². The second kappa shape index (κ2) is 12.0. The molecular formula is C26H24Cl2F6N4O. The summed E-state index contributed by atoms with van der Waals surface area (Å²) < 4.78 is 79.7. The van der Waals surface area contributed by atoms with Gasteiger partial charge in [0.05, 0.1) is 11.1 Å². The Morgan fingerprint density at radius 2 is 1.59 bits per heavy atom. The Hall–Kier alpha value is -3.05. The number of carbonyl (C=O) groups excluding carboxylic acids is 1. The standard InChI is InChI=1S/C26H23ClF6N4O.ClH/c1-36(14-16-11-18(25(28,29)30)13-19(12-16)26(31,32)33)24(38)20-9-10-37(23-8-7-22(27)34-35-23)15-21(20)17-5-3-2-4-6-17;/h2-8,11-13,20-21H,9-10,14-15H2,1H3;1H/t20-,21-;/m0./s1. The van der Waals surface area contributed by atoms with Gasteiger partial charge in [-0.05, 0) is 47.9 Å². The van der Waals surface area contributed by atoms with Gasteiger partial charge in [0.2, 0.25) is 5.91 Å². The van der Waals surface area contributed by atoms with Crippen molar-refractivity contribution < 1.29 is 31.1 Å². The molecule has 0 spiro atoms. The predicted molar refractivity (Wildman–Crippen MR) is 137 cm³/mol. The molecule has 0 saturated carbocycles. The van der Waals surface area contributed by atoms with Crippen molar-refractivity contribution >= 4 is 35.7 Å². The van der Waals surface area contributed by atoms with Crippen molar-refractivity contribution in [2.75, 3.05) is 25.0 Å². The number of aromatic nitrogens is 2. The minimum Gasteiger partial charge on any atom is -0.354 e. The number of piperidine rings is 1. The van der Waals surface area contributed by atoms with Crippen LogP contribution in [0, 0.1) is 5.92 Å². The summed E-state index contributed by atoms with van der Waals surface area (Å²) in [6, 6.07) is 14.0. The third kappa shape index (κ3) is 7.33. The molecule has 1 aliphatic rings. The topological polar surface area (TPSA) is 49.3 Å². The third-order valence-corrected chi connectivity index (χ3v) is 6.74. The fourth-order valence-corrected chi connectivity index (χ4v) is 4.82. The van der Waals surface area contributed by atoms with Crippen LogP contribution in [-0.4, -0.2) is 41.1 Å². The highest BCUT2D eigenvalue weighted by atomic mass is 35.5. The largest absolute Gasteiger partial charge is 0.416 e. The van der Waals surface area contributed by atoms with Gasteiger partial charge in [0.25, 0.3) is 0 Å². The summed E-state index contributed by atoms with van der Waals surface area (Å²) in [7, 11) is 1.38. The molecule has 0 unspecified atom stereocenters. The summed E-state index contributed by atoms with van der Waals surface area (Å²) in [5.41, 5.74) is -2.21. The summed E-state index contributed by atoms with van der Waals surface area (Å²) in [6.07, 6.45) is -9.54. The summed E-state index contributed by atoms with van der Waals surface area (Å²) in [4.78, 5) is 16.7. The van der Waals surface area contributed by atoms with E-state index in [4.69, 9.17) is 11.6 Å². The van der Waals surface area contributed by atoms with Crippen LogP contribution < -0.4 is 4.90 Å². The molecule has 3 aromatic rings. The van der Waals surface area contributed by atoms with Crippen LogP contribution in [0.1, 0.15) is 34.6 Å². The van der Waals surface area contributed by atoms with Crippen LogP contribution in [0.15, 0.2) is 60.7 Å². The highest BCUT2D eigenvalue weighted by molar-refractivity contribution is 6.29. The number of anilines is 1. The molecule has 1 aliphatic heterocycles. The van der Waals surface area contributed by atoms with E-state index < -0.39 is 35.9 Å². The molecule has 0 N–H and O–H groups in total. The Morgan fingerprint density at radius 1 is 0.974 bits per heavy atom. The van der Waals surface area contributed by atoms with E-state index in [9.17, 15) is 31.1 Å². The van der Waals surface area contributed by atoms with Gasteiger partial charge in [0, 0.05) is 38.5 Å². The van der Waals surface area contributed by atoms with Crippen LogP contribution >= 0.6 is 24.0 Å². The molecule has 39 heavy (non-hydrogen) atoms. The molecule has 1 saturated heterocycles. The quantitative estimate of drug-likeness (QED) is 0.304. The number of hydrogen-bond donors (Lipinski definition) is 0. The Bertz CT molecular complexity index is 1240. The normalized spacial score (nSPS) is 17.9. The molecule has 2 aromatic carbocycles. The minimum atomic E-state index is -4.96. The van der Waals surface area contributed by atoms with Crippen LogP contribution in [0.3, 0.4) is 0 Å². The average Bonchev–Trinajstić information content (AvgIpc) is 2.87. The van der Waals surface area contributed by atoms with Crippen molar-refractivity contribution in [3.8, 4) is 0 Å². The zero-order valence-corrected chi connectivity index (χ0v) is 22.1. The van der Waals surface area contributed by atoms with E-state index in [-0.39, 0.29) is 41.0 Å². The van der Waals surface area contributed by atoms with Crippen molar-refractivity contribution in [1.29, 1.82) is 0 Å². The van der Waals surface area contributed by atoms with E-state index in [0.29, 0.717) is 37.5 Å². The van der Waals surface area contributed by atoms with Gasteiger partial charge >= 0.3 is 12.4 Å². The van der Waals surface area contributed by atoms with Crippen LogP contribution in [0.25, 0.3) is 0 Å². The molecule has 4 rings (SSSR count). The van der Waals surface area contributed by atoms with E-state index in [0.717, 1.165) is 5.56 Å². The maximum absolute atomic E-state index is 13.6. The van der Waals surface area contributed by atoms with Gasteiger partial charge in [0.15, 0.2) is 11.0 Å². The van der Waals surface area contributed by atoms with Crippen molar-refractivity contribution in [1.82, 2.24) is 15.1 Å². The van der Waals surface area contributed by atoms with Crippen LogP contribution in [0.4, 0.5) is 32.2 Å². The fraction of sp³-hybridized carbons (Fsp3) is 0.346. The van der Waals surface area contributed by atoms with E-state index >= 15 is 0 Å². The highest BCUT2D eigenvalue weighted by Crippen LogP contribution is 2.38. The first-order chi connectivity index (χ1) is 17.8. The number of carbonyl (C=O) groups is 1. The van der Waals surface area contributed by atoms with Gasteiger partial charge in [-0.3, -0.25) is 4.79 Å². The monoisotopic (exact) mass is 592 g/mol. The number of amides is 1. The van der Waals surface area contributed by atoms with Crippen molar-refractivity contribution in [2.45, 2.75) is 31.2 Å². The second-order valence-corrected chi connectivity index (χ2v) is 9.57. The number of rotatable bonds is 5. The predicted octanol–water partition coefficient (Wildman–Crippen LogP) is 6.86. The Balaban J connectivity index is 0.00000420. The van der Waals surface area contributed by atoms with E-state index in [1.165, 1.54) is 11.9 Å². The number of hydrogen-bond acceptors (Lipinski definition) is 4. The summed E-state index contributed by atoms with van der Waals surface area (Å²) >= 11 is 5.84. The van der Waals surface area contributed by atoms with Crippen LogP contribution in [-0.2, 0) is 23.7 Å². The molecule has 0 bridgehead atoms. The summed E-state index contributed by atoms with van der Waals surface area (Å²) in [6.45, 7) is 0.453. The molecule has 2 atom stereocenters. The van der Waals surface area contributed by atoms with Crippen molar-refractivity contribution in [2.24, 2.45) is 5.92 Å². The van der Waals surface area contributed by atoms with Crippen LogP contribution in [0.2, 0.25) is 5.15 Å². The van der Waals surface area contributed by atoms with Crippen LogP contribution in [0.5, 0.6) is 0 Å². The molecule has 5 nitrogen and oxygen atoms in total. The number of halogens is 8. The first-order valence-electron chi connectivity index (χ1n) is 11.7. The van der Waals surface area contributed by atoms with E-state index in [1.54, 1.807) is 12.1 Å². The molecule has 0 aliphatic carbocycles. The van der Waals surface area contributed by atoms with Gasteiger partial charge in [-0.2, -0.15) is 26.3 Å². The third-order valence-electron chi connectivity index (χ3n) is 6.54. The number of alkyl halides is 6. The first-order valence-corrected chi connectivity index (χ1v) is 12.0. The molecule has 13 heteroatoms. The summed E-state index contributed by atoms with van der Waals surface area (Å²) in [5.74, 6) is -0.638. The smallest absolute Gasteiger partial charge is 0.354 e. The lowest BCUT2D eigenvalue weighted by Gasteiger charge is -2.40. The fourth-order valence-electron chi connectivity index (χ4n) is 4.72. The van der Waals surface area contributed by atoms with Gasteiger partial charge < -0.3 is 9.80 Å². The zero-order chi connectivity index (χ0) is 27.7. The van der Waals surface area contributed by atoms with Gasteiger partial charge in [-0.1, -0.05) is 41.9 Å². The zero-order valence-electron chi connectivity index (χ0n) is 20.5. The van der Waals surface area contributed by atoms with Crippen molar-refractivity contribution in [3.05, 3.63) is 88.1 Å². The maximum Gasteiger partial charge on any atom is 0.416 e. The Kier molecular flexibility index (Phi) is 9.38. The number of nitrogens with zero attached hydrogens (tertiary/aromatic N) is 4. The molecule has 2 heterocycles. The van der Waals surface area contributed by atoms with Crippen molar-refractivity contribution in [3.63, 3.8) is 0 Å². The number of benzene rings is 2. The van der Waals surface area contributed by atoms with Gasteiger partial charge in [-0.25, -0.2) is 0 Å². The Morgan fingerprint density at radius 3 is 2.13 bits per heavy atom. The average molecular weight is 593 g/mol. The highest BCUT2D eigenvalue weighted by Gasteiger charge is 2.39. The molecule has 1 amide bonds. The molecule has 0 radical (unpaired) electrons.